The van der Waals surface area contributed by atoms with Crippen LogP contribution in [0.2, 0.25) is 0 Å². The molecule has 120 valence electrons. The van der Waals surface area contributed by atoms with Gasteiger partial charge in [0.05, 0.1) is 23.1 Å². The van der Waals surface area contributed by atoms with Gasteiger partial charge in [-0.15, -0.1) is 0 Å². The molecule has 1 fully saturated rings. The summed E-state index contributed by atoms with van der Waals surface area (Å²) in [6.07, 6.45) is 4.09. The van der Waals surface area contributed by atoms with Gasteiger partial charge in [0.2, 0.25) is 0 Å². The number of rotatable bonds is 3. The molecule has 2 atom stereocenters. The molecule has 6 nitrogen and oxygen atoms in total. The fraction of sp³-hybridized carbons (Fsp3) is 0.412. The Labute approximate surface area is 135 Å². The molecule has 0 spiro atoms. The minimum absolute atomic E-state index is 0.0884. The molecule has 1 aliphatic rings. The number of hydrogen-bond donors (Lipinski definition) is 1. The minimum Gasteiger partial charge on any atom is -0.371 e. The van der Waals surface area contributed by atoms with E-state index in [2.05, 4.69) is 20.3 Å². The first-order valence-electron chi connectivity index (χ1n) is 7.70. The highest BCUT2D eigenvalue weighted by atomic mass is 16.5. The number of aryl methyl sites for hydroxylation is 3. The third kappa shape index (κ3) is 3.22. The van der Waals surface area contributed by atoms with Gasteiger partial charge in [-0.3, -0.25) is 14.8 Å². The number of carbonyl (C=O) groups excluding carboxylic acids is 1. The number of ether oxygens (including phenoxy) is 1. The van der Waals surface area contributed by atoms with Crippen molar-refractivity contribution < 1.29 is 9.53 Å². The summed E-state index contributed by atoms with van der Waals surface area (Å²) in [4.78, 5) is 25.5. The van der Waals surface area contributed by atoms with Crippen molar-refractivity contribution in [2.45, 2.75) is 39.3 Å². The lowest BCUT2D eigenvalue weighted by molar-refractivity contribution is 0.0816. The molecule has 1 saturated heterocycles. The number of amides is 1. The molecule has 6 heteroatoms. The van der Waals surface area contributed by atoms with Crippen LogP contribution in [0.3, 0.4) is 0 Å². The lowest BCUT2D eigenvalue weighted by Gasteiger charge is -2.20. The first kappa shape index (κ1) is 15.6. The number of nitrogens with zero attached hydrogens (tertiary/aromatic N) is 3. The van der Waals surface area contributed by atoms with E-state index in [1.807, 2.05) is 26.0 Å². The summed E-state index contributed by atoms with van der Waals surface area (Å²) in [5.74, 6) is -0.206. The van der Waals surface area contributed by atoms with Crippen LogP contribution in [0.1, 0.15) is 45.7 Å². The molecule has 0 saturated carbocycles. The van der Waals surface area contributed by atoms with Gasteiger partial charge in [0.15, 0.2) is 0 Å². The number of aromatic nitrogens is 3. The Morgan fingerprint density at radius 3 is 2.74 bits per heavy atom. The van der Waals surface area contributed by atoms with Gasteiger partial charge in [-0.2, -0.15) is 0 Å². The average Bonchev–Trinajstić information content (AvgIpc) is 2.99. The van der Waals surface area contributed by atoms with Crippen LogP contribution in [-0.4, -0.2) is 33.5 Å². The molecule has 2 aromatic rings. The van der Waals surface area contributed by atoms with Crippen LogP contribution < -0.4 is 5.32 Å². The van der Waals surface area contributed by atoms with Gasteiger partial charge < -0.3 is 10.1 Å². The van der Waals surface area contributed by atoms with Crippen molar-refractivity contribution >= 4 is 5.91 Å². The van der Waals surface area contributed by atoms with Crippen LogP contribution in [0, 0.1) is 20.8 Å². The third-order valence-electron chi connectivity index (χ3n) is 4.12. The molecule has 1 N–H and O–H groups in total. The molecular formula is C17H20N4O2. The minimum atomic E-state index is -0.206. The molecular weight excluding hydrogens is 292 g/mol. The van der Waals surface area contributed by atoms with E-state index in [1.54, 1.807) is 19.3 Å². The van der Waals surface area contributed by atoms with Crippen molar-refractivity contribution in [1.29, 1.82) is 0 Å². The van der Waals surface area contributed by atoms with Crippen molar-refractivity contribution in [2.75, 3.05) is 6.61 Å². The average molecular weight is 312 g/mol. The Morgan fingerprint density at radius 2 is 2.00 bits per heavy atom. The normalized spacial score (nSPS) is 20.5. The van der Waals surface area contributed by atoms with E-state index in [9.17, 15) is 4.79 Å². The van der Waals surface area contributed by atoms with Crippen LogP contribution in [0.15, 0.2) is 24.5 Å². The summed E-state index contributed by atoms with van der Waals surface area (Å²) < 4.78 is 5.77. The molecule has 0 unspecified atom stereocenters. The van der Waals surface area contributed by atoms with E-state index < -0.39 is 0 Å². The van der Waals surface area contributed by atoms with Gasteiger partial charge >= 0.3 is 0 Å². The van der Waals surface area contributed by atoms with Crippen LogP contribution in [-0.2, 0) is 4.74 Å². The van der Waals surface area contributed by atoms with E-state index >= 15 is 0 Å². The van der Waals surface area contributed by atoms with Gasteiger partial charge in [0, 0.05) is 24.6 Å². The van der Waals surface area contributed by atoms with Gasteiger partial charge in [-0.1, -0.05) is 6.07 Å². The second-order valence-corrected chi connectivity index (χ2v) is 5.77. The van der Waals surface area contributed by atoms with Gasteiger partial charge in [0.1, 0.15) is 11.8 Å². The summed E-state index contributed by atoms with van der Waals surface area (Å²) in [6.45, 7) is 6.16. The molecule has 2 aromatic heterocycles. The second kappa shape index (κ2) is 6.42. The topological polar surface area (TPSA) is 77.0 Å². The second-order valence-electron chi connectivity index (χ2n) is 5.77. The van der Waals surface area contributed by atoms with Crippen molar-refractivity contribution in [1.82, 2.24) is 20.3 Å². The maximum atomic E-state index is 12.6. The number of pyridine rings is 1. The van der Waals surface area contributed by atoms with Gasteiger partial charge in [-0.05, 0) is 33.3 Å². The van der Waals surface area contributed by atoms with Crippen LogP contribution in [0.4, 0.5) is 0 Å². The highest BCUT2D eigenvalue weighted by molar-refractivity contribution is 5.93. The maximum absolute atomic E-state index is 12.6. The zero-order chi connectivity index (χ0) is 16.4. The van der Waals surface area contributed by atoms with E-state index in [4.69, 9.17) is 4.74 Å². The monoisotopic (exact) mass is 312 g/mol. The number of hydrogen-bond acceptors (Lipinski definition) is 5. The Balaban J connectivity index is 1.78. The lowest BCUT2D eigenvalue weighted by Crippen LogP contribution is -2.37. The van der Waals surface area contributed by atoms with Crippen molar-refractivity contribution in [3.8, 4) is 0 Å². The van der Waals surface area contributed by atoms with Crippen molar-refractivity contribution in [3.05, 3.63) is 52.9 Å². The Hall–Kier alpha value is -2.34. The Kier molecular flexibility index (Phi) is 4.34. The summed E-state index contributed by atoms with van der Waals surface area (Å²) in [5.41, 5.74) is 3.61. The predicted molar refractivity (Wildman–Crippen MR) is 85.0 cm³/mol. The quantitative estimate of drug-likeness (QED) is 0.938. The summed E-state index contributed by atoms with van der Waals surface area (Å²) >= 11 is 0. The third-order valence-corrected chi connectivity index (χ3v) is 4.12. The highest BCUT2D eigenvalue weighted by Crippen LogP contribution is 2.28. The first-order valence-corrected chi connectivity index (χ1v) is 7.70. The summed E-state index contributed by atoms with van der Waals surface area (Å²) in [5, 5.41) is 3.04. The zero-order valence-electron chi connectivity index (χ0n) is 13.5. The molecule has 3 heterocycles. The predicted octanol–water partition coefficient (Wildman–Crippen LogP) is 2.06. The number of carbonyl (C=O) groups is 1. The fourth-order valence-corrected chi connectivity index (χ4v) is 2.78. The smallest absolute Gasteiger partial charge is 0.272 e. The van der Waals surface area contributed by atoms with E-state index in [1.165, 1.54) is 0 Å². The lowest BCUT2D eigenvalue weighted by atomic mass is 10.0. The van der Waals surface area contributed by atoms with E-state index in [0.717, 1.165) is 23.4 Å². The molecule has 1 amide bonds. The van der Waals surface area contributed by atoms with Crippen LogP contribution in [0.5, 0.6) is 0 Å². The highest BCUT2D eigenvalue weighted by Gasteiger charge is 2.32. The summed E-state index contributed by atoms with van der Waals surface area (Å²) in [7, 11) is 0. The largest absolute Gasteiger partial charge is 0.371 e. The first-order chi connectivity index (χ1) is 11.1. The van der Waals surface area contributed by atoms with Gasteiger partial charge in [-0.25, -0.2) is 4.98 Å². The molecule has 3 rings (SSSR count). The van der Waals surface area contributed by atoms with Crippen LogP contribution >= 0.6 is 0 Å². The molecule has 0 aromatic carbocycles. The van der Waals surface area contributed by atoms with E-state index in [0.29, 0.717) is 18.0 Å². The Morgan fingerprint density at radius 1 is 1.22 bits per heavy atom. The van der Waals surface area contributed by atoms with Crippen molar-refractivity contribution in [2.24, 2.45) is 0 Å². The van der Waals surface area contributed by atoms with Crippen molar-refractivity contribution in [3.63, 3.8) is 0 Å². The zero-order valence-corrected chi connectivity index (χ0v) is 13.5. The fourth-order valence-electron chi connectivity index (χ4n) is 2.78. The summed E-state index contributed by atoms with van der Waals surface area (Å²) in [6, 6.07) is 3.74. The molecule has 0 bridgehead atoms. The molecule has 23 heavy (non-hydrogen) atoms. The molecule has 0 aliphatic carbocycles. The van der Waals surface area contributed by atoms with Crippen LogP contribution in [0.25, 0.3) is 0 Å². The van der Waals surface area contributed by atoms with Gasteiger partial charge in [0.25, 0.3) is 5.91 Å². The standard InChI is InChI=1S/C17H20N4O2/c1-10-11(2)20-15(12(3)19-10)17(22)21-14-6-8-23-16(14)13-5-4-7-18-9-13/h4-5,7,9,14,16H,6,8H2,1-3H3,(H,21,22)/t14-,16+/m0/s1. The van der Waals surface area contributed by atoms with E-state index in [-0.39, 0.29) is 18.1 Å². The maximum Gasteiger partial charge on any atom is 0.272 e. The molecule has 1 aliphatic heterocycles. The number of nitrogens with one attached hydrogen (secondary N) is 1. The SMILES string of the molecule is Cc1nc(C)c(C(=O)N[C@H]2CCO[C@@H]2c2cccnc2)nc1C. The Bertz CT molecular complexity index is 718. The molecule has 0 radical (unpaired) electrons.